The Balaban J connectivity index is 0.00000370. The number of nitrogens with one attached hydrogen (secondary N) is 1. The molecule has 0 aliphatic carbocycles. The lowest BCUT2D eigenvalue weighted by molar-refractivity contribution is -0.274. The van der Waals surface area contributed by atoms with E-state index >= 15 is 4.39 Å². The molecule has 1 N–H and O–H groups in total. The molecule has 6 nitrogen and oxygen atoms in total. The Kier molecular flexibility index (Phi) is 8.80. The van der Waals surface area contributed by atoms with Crippen molar-refractivity contribution in [1.82, 2.24) is 14.7 Å². The summed E-state index contributed by atoms with van der Waals surface area (Å²) in [6.45, 7) is 3.10. The van der Waals surface area contributed by atoms with Gasteiger partial charge >= 0.3 is 6.36 Å². The molecule has 2 aromatic heterocycles. The van der Waals surface area contributed by atoms with Gasteiger partial charge in [0.1, 0.15) is 22.9 Å². The first kappa shape index (κ1) is 29.5. The number of ether oxygens (including phenoxy) is 1. The topological polar surface area (TPSA) is 58.9 Å². The van der Waals surface area contributed by atoms with Gasteiger partial charge in [0.25, 0.3) is 5.91 Å². The number of halogens is 6. The first-order valence-electron chi connectivity index (χ1n) is 12.4. The molecule has 5 rings (SSSR count). The number of nitrogens with zero attached hydrogens (tertiary/aromatic N) is 3. The molecule has 12 heteroatoms. The van der Waals surface area contributed by atoms with Crippen LogP contribution in [-0.4, -0.2) is 34.7 Å². The standard InChI is InChI=1S/C28H25ClF4N4O2.ClH/c1-17-26(37-13-10-21(29)15-25(37)35-17)27(38)34-16-18-2-7-24(23(30)14-18)36-11-8-20(9-12-36)19-3-5-22(6-4-19)39-28(31,32)33;/h2-7,10,13-15,20H,8-9,11-12,16H2,1H3,(H,34,38);1H. The molecule has 40 heavy (non-hydrogen) atoms. The summed E-state index contributed by atoms with van der Waals surface area (Å²) in [5, 5.41) is 3.35. The largest absolute Gasteiger partial charge is 0.573 e. The smallest absolute Gasteiger partial charge is 0.406 e. The Morgan fingerprint density at radius 2 is 1.80 bits per heavy atom. The van der Waals surface area contributed by atoms with Crippen molar-refractivity contribution in [3.05, 3.63) is 94.1 Å². The summed E-state index contributed by atoms with van der Waals surface area (Å²) in [6.07, 6.45) is -1.57. The molecule has 1 amide bonds. The number of piperidine rings is 1. The van der Waals surface area contributed by atoms with Crippen molar-refractivity contribution in [1.29, 1.82) is 0 Å². The number of anilines is 1. The molecule has 1 fully saturated rings. The van der Waals surface area contributed by atoms with Gasteiger partial charge in [-0.2, -0.15) is 0 Å². The summed E-state index contributed by atoms with van der Waals surface area (Å²) >= 11 is 6.01. The molecule has 1 aliphatic rings. The average Bonchev–Trinajstić information content (AvgIpc) is 3.22. The minimum absolute atomic E-state index is 0. The Bertz CT molecular complexity index is 1500. The van der Waals surface area contributed by atoms with Crippen LogP contribution in [0.4, 0.5) is 23.2 Å². The molecule has 3 heterocycles. The fourth-order valence-electron chi connectivity index (χ4n) is 4.99. The highest BCUT2D eigenvalue weighted by atomic mass is 35.5. The summed E-state index contributed by atoms with van der Waals surface area (Å²) in [6, 6.07) is 14.2. The van der Waals surface area contributed by atoms with Gasteiger partial charge in [0, 0.05) is 36.9 Å². The second-order valence-electron chi connectivity index (χ2n) is 9.47. The van der Waals surface area contributed by atoms with Crippen LogP contribution in [0.5, 0.6) is 5.75 Å². The number of imidazole rings is 1. The summed E-state index contributed by atoms with van der Waals surface area (Å²) in [7, 11) is 0. The van der Waals surface area contributed by atoms with Crippen LogP contribution < -0.4 is 15.0 Å². The van der Waals surface area contributed by atoms with Gasteiger partial charge < -0.3 is 15.0 Å². The normalized spacial score (nSPS) is 14.2. The number of alkyl halides is 3. The lowest BCUT2D eigenvalue weighted by Gasteiger charge is -2.34. The molecule has 0 bridgehead atoms. The number of carbonyl (C=O) groups excluding carboxylic acids is 1. The van der Waals surface area contributed by atoms with Crippen molar-refractivity contribution in [2.75, 3.05) is 18.0 Å². The highest BCUT2D eigenvalue weighted by Crippen LogP contribution is 2.33. The Morgan fingerprint density at radius 1 is 1.10 bits per heavy atom. The number of fused-ring (bicyclic) bond motifs is 1. The van der Waals surface area contributed by atoms with Gasteiger partial charge in [-0.3, -0.25) is 9.20 Å². The predicted octanol–water partition coefficient (Wildman–Crippen LogP) is 7.07. The number of hydrogen-bond acceptors (Lipinski definition) is 4. The van der Waals surface area contributed by atoms with Crippen LogP contribution in [0.2, 0.25) is 5.02 Å². The van der Waals surface area contributed by atoms with Crippen molar-refractivity contribution >= 4 is 41.2 Å². The van der Waals surface area contributed by atoms with Crippen LogP contribution in [0.3, 0.4) is 0 Å². The number of aromatic nitrogens is 2. The molecule has 0 atom stereocenters. The number of pyridine rings is 1. The molecule has 2 aromatic carbocycles. The third-order valence-electron chi connectivity index (χ3n) is 6.86. The minimum atomic E-state index is -4.72. The van der Waals surface area contributed by atoms with E-state index in [1.165, 1.54) is 18.2 Å². The highest BCUT2D eigenvalue weighted by Gasteiger charge is 2.31. The zero-order valence-corrected chi connectivity index (χ0v) is 22.9. The van der Waals surface area contributed by atoms with E-state index in [0.717, 1.165) is 18.4 Å². The maximum absolute atomic E-state index is 15.1. The average molecular weight is 597 g/mol. The second kappa shape index (κ2) is 11.9. The molecule has 0 saturated carbocycles. The second-order valence-corrected chi connectivity index (χ2v) is 9.90. The van der Waals surface area contributed by atoms with Crippen molar-refractivity contribution in [3.8, 4) is 5.75 Å². The van der Waals surface area contributed by atoms with Gasteiger partial charge in [-0.1, -0.05) is 29.8 Å². The summed E-state index contributed by atoms with van der Waals surface area (Å²) in [4.78, 5) is 19.2. The Labute approximate surface area is 239 Å². The third kappa shape index (κ3) is 6.62. The van der Waals surface area contributed by atoms with Crippen molar-refractivity contribution < 1.29 is 27.1 Å². The summed E-state index contributed by atoms with van der Waals surface area (Å²) in [5.41, 5.74) is 3.55. The van der Waals surface area contributed by atoms with Crippen molar-refractivity contribution in [2.24, 2.45) is 0 Å². The van der Waals surface area contributed by atoms with Gasteiger partial charge in [-0.05, 0) is 67.1 Å². The molecular formula is C28H26Cl2F4N4O2. The highest BCUT2D eigenvalue weighted by molar-refractivity contribution is 6.30. The Morgan fingerprint density at radius 3 is 2.45 bits per heavy atom. The van der Waals surface area contributed by atoms with E-state index < -0.39 is 6.36 Å². The minimum Gasteiger partial charge on any atom is -0.406 e. The molecule has 0 unspecified atom stereocenters. The number of aryl methyl sites for hydroxylation is 1. The number of rotatable bonds is 6. The first-order valence-corrected chi connectivity index (χ1v) is 12.8. The van der Waals surface area contributed by atoms with Gasteiger partial charge in [0.15, 0.2) is 0 Å². The lowest BCUT2D eigenvalue weighted by Crippen LogP contribution is -2.33. The monoisotopic (exact) mass is 596 g/mol. The quantitative estimate of drug-likeness (QED) is 0.242. The van der Waals surface area contributed by atoms with Crippen LogP contribution in [0.1, 0.15) is 46.1 Å². The van der Waals surface area contributed by atoms with Crippen LogP contribution in [0.25, 0.3) is 5.65 Å². The Hall–Kier alpha value is -3.50. The van der Waals surface area contributed by atoms with E-state index in [4.69, 9.17) is 11.6 Å². The van der Waals surface area contributed by atoms with Gasteiger partial charge in [0.05, 0.1) is 11.4 Å². The molecular weight excluding hydrogens is 571 g/mol. The maximum atomic E-state index is 15.1. The van der Waals surface area contributed by atoms with Gasteiger partial charge in [0.2, 0.25) is 0 Å². The zero-order chi connectivity index (χ0) is 27.7. The summed E-state index contributed by atoms with van der Waals surface area (Å²) < 4.78 is 57.8. The van der Waals surface area contributed by atoms with Crippen LogP contribution >= 0.6 is 24.0 Å². The first-order chi connectivity index (χ1) is 18.6. The molecule has 0 spiro atoms. The lowest BCUT2D eigenvalue weighted by atomic mass is 9.89. The van der Waals surface area contributed by atoms with E-state index in [1.54, 1.807) is 53.9 Å². The molecule has 212 valence electrons. The van der Waals surface area contributed by atoms with E-state index in [1.807, 2.05) is 4.90 Å². The van der Waals surface area contributed by atoms with Crippen molar-refractivity contribution in [3.63, 3.8) is 0 Å². The van der Waals surface area contributed by atoms with Crippen LogP contribution in [0, 0.1) is 12.7 Å². The van der Waals surface area contributed by atoms with Crippen molar-refractivity contribution in [2.45, 2.75) is 38.6 Å². The van der Waals surface area contributed by atoms with Crippen LogP contribution in [0.15, 0.2) is 60.8 Å². The number of hydrogen-bond donors (Lipinski definition) is 1. The van der Waals surface area contributed by atoms with Gasteiger partial charge in [-0.15, -0.1) is 25.6 Å². The fourth-order valence-corrected chi connectivity index (χ4v) is 5.14. The zero-order valence-electron chi connectivity index (χ0n) is 21.3. The number of carbonyl (C=O) groups is 1. The SMILES string of the molecule is Cc1nc2cc(Cl)ccn2c1C(=O)NCc1ccc(N2CCC(c3ccc(OC(F)(F)F)cc3)CC2)c(F)c1.Cl. The molecule has 0 radical (unpaired) electrons. The van der Waals surface area contributed by atoms with E-state index in [2.05, 4.69) is 15.0 Å². The molecule has 4 aromatic rings. The molecule has 1 saturated heterocycles. The van der Waals surface area contributed by atoms with E-state index in [0.29, 0.717) is 46.4 Å². The maximum Gasteiger partial charge on any atom is 0.573 e. The molecule has 1 aliphatic heterocycles. The van der Waals surface area contributed by atoms with E-state index in [9.17, 15) is 18.0 Å². The predicted molar refractivity (Wildman–Crippen MR) is 147 cm³/mol. The van der Waals surface area contributed by atoms with E-state index in [-0.39, 0.29) is 42.3 Å². The number of benzene rings is 2. The van der Waals surface area contributed by atoms with Crippen LogP contribution in [-0.2, 0) is 6.54 Å². The number of amides is 1. The third-order valence-corrected chi connectivity index (χ3v) is 7.10. The van der Waals surface area contributed by atoms with Gasteiger partial charge in [-0.25, -0.2) is 9.37 Å². The summed E-state index contributed by atoms with van der Waals surface area (Å²) in [5.74, 6) is -0.792. The fraction of sp³-hybridized carbons (Fsp3) is 0.286.